The van der Waals surface area contributed by atoms with E-state index in [1.165, 1.54) is 0 Å². The summed E-state index contributed by atoms with van der Waals surface area (Å²) in [5.41, 5.74) is 8.32. The van der Waals surface area contributed by atoms with Gasteiger partial charge in [0.05, 0.1) is 12.2 Å². The van der Waals surface area contributed by atoms with Gasteiger partial charge in [0, 0.05) is 24.5 Å². The minimum absolute atomic E-state index is 0.251. The summed E-state index contributed by atoms with van der Waals surface area (Å²) < 4.78 is 0. The number of aromatic hydroxyl groups is 1. The minimum Gasteiger partial charge on any atom is -0.508 e. The van der Waals surface area contributed by atoms with Gasteiger partial charge in [-0.3, -0.25) is 4.98 Å². The van der Waals surface area contributed by atoms with Crippen molar-refractivity contribution in [3.05, 3.63) is 53.9 Å². The minimum atomic E-state index is 0.251. The second kappa shape index (κ2) is 5.32. The summed E-state index contributed by atoms with van der Waals surface area (Å²) in [6.45, 7) is 1.13. The molecule has 1 aromatic carbocycles. The summed E-state index contributed by atoms with van der Waals surface area (Å²) in [5.74, 6) is 0.251. The molecule has 4 N–H and O–H groups in total. The predicted octanol–water partition coefficient (Wildman–Crippen LogP) is 1.86. The third-order valence-electron chi connectivity index (χ3n) is 2.44. The Kier molecular flexibility index (Phi) is 3.57. The first-order valence-electron chi connectivity index (χ1n) is 5.45. The smallest absolute Gasteiger partial charge is 0.117 e. The van der Waals surface area contributed by atoms with E-state index in [1.807, 2.05) is 18.2 Å². The van der Waals surface area contributed by atoms with Crippen molar-refractivity contribution in [2.75, 3.05) is 5.32 Å². The van der Waals surface area contributed by atoms with Crippen LogP contribution < -0.4 is 11.1 Å². The molecule has 0 atom stereocenters. The van der Waals surface area contributed by atoms with Crippen LogP contribution in [0.5, 0.6) is 5.75 Å². The van der Waals surface area contributed by atoms with Crippen molar-refractivity contribution in [2.45, 2.75) is 13.1 Å². The largest absolute Gasteiger partial charge is 0.508 e. The Hall–Kier alpha value is -2.07. The van der Waals surface area contributed by atoms with E-state index in [0.29, 0.717) is 13.1 Å². The molecular weight excluding hydrogens is 214 g/mol. The van der Waals surface area contributed by atoms with Gasteiger partial charge >= 0.3 is 0 Å². The molecule has 0 saturated heterocycles. The molecule has 0 fully saturated rings. The average molecular weight is 229 g/mol. The average Bonchev–Trinajstić information content (AvgIpc) is 2.37. The molecule has 17 heavy (non-hydrogen) atoms. The van der Waals surface area contributed by atoms with Gasteiger partial charge < -0.3 is 16.2 Å². The molecular formula is C13H15N3O. The Morgan fingerprint density at radius 3 is 2.76 bits per heavy atom. The summed E-state index contributed by atoms with van der Waals surface area (Å²) in [6.07, 6.45) is 1.78. The normalized spacial score (nSPS) is 10.2. The number of aromatic nitrogens is 1. The van der Waals surface area contributed by atoms with Crippen LogP contribution in [0.3, 0.4) is 0 Å². The third kappa shape index (κ3) is 3.19. The second-order valence-electron chi connectivity index (χ2n) is 3.77. The highest BCUT2D eigenvalue weighted by atomic mass is 16.3. The molecule has 0 spiro atoms. The molecule has 0 unspecified atom stereocenters. The summed E-state index contributed by atoms with van der Waals surface area (Å²) in [7, 11) is 0. The van der Waals surface area contributed by atoms with E-state index >= 15 is 0 Å². The lowest BCUT2D eigenvalue weighted by Crippen LogP contribution is -2.03. The number of nitrogens with zero attached hydrogens (tertiary/aromatic N) is 1. The Labute approximate surface area is 100 Å². The van der Waals surface area contributed by atoms with Crippen LogP contribution in [0.1, 0.15) is 11.3 Å². The van der Waals surface area contributed by atoms with Crippen LogP contribution in [0.2, 0.25) is 0 Å². The fraction of sp³-hybridized carbons (Fsp3) is 0.154. The number of phenols is 1. The fourth-order valence-corrected chi connectivity index (χ4v) is 1.49. The highest BCUT2D eigenvalue weighted by Gasteiger charge is 1.97. The van der Waals surface area contributed by atoms with E-state index in [1.54, 1.807) is 24.4 Å². The van der Waals surface area contributed by atoms with Gasteiger partial charge in [0.1, 0.15) is 5.75 Å². The third-order valence-corrected chi connectivity index (χ3v) is 2.44. The molecule has 0 aliphatic heterocycles. The lowest BCUT2D eigenvalue weighted by atomic mass is 10.2. The number of pyridine rings is 1. The molecule has 0 aliphatic carbocycles. The van der Waals surface area contributed by atoms with Crippen molar-refractivity contribution in [3.8, 4) is 5.75 Å². The van der Waals surface area contributed by atoms with Crippen LogP contribution in [-0.4, -0.2) is 10.1 Å². The lowest BCUT2D eigenvalue weighted by Gasteiger charge is -2.06. The zero-order valence-corrected chi connectivity index (χ0v) is 9.43. The fourth-order valence-electron chi connectivity index (χ4n) is 1.49. The number of rotatable bonds is 4. The Morgan fingerprint density at radius 1 is 1.24 bits per heavy atom. The van der Waals surface area contributed by atoms with E-state index in [-0.39, 0.29) is 5.75 Å². The second-order valence-corrected chi connectivity index (χ2v) is 3.77. The van der Waals surface area contributed by atoms with Crippen LogP contribution >= 0.6 is 0 Å². The highest BCUT2D eigenvalue weighted by Crippen LogP contribution is 2.15. The first-order valence-corrected chi connectivity index (χ1v) is 5.45. The van der Waals surface area contributed by atoms with E-state index in [4.69, 9.17) is 5.73 Å². The summed E-state index contributed by atoms with van der Waals surface area (Å²) in [5, 5.41) is 12.5. The van der Waals surface area contributed by atoms with Gasteiger partial charge in [0.15, 0.2) is 0 Å². The number of benzene rings is 1. The quantitative estimate of drug-likeness (QED) is 0.748. The zero-order valence-electron chi connectivity index (χ0n) is 9.43. The zero-order chi connectivity index (χ0) is 12.1. The first kappa shape index (κ1) is 11.4. The van der Waals surface area contributed by atoms with Crippen molar-refractivity contribution in [3.63, 3.8) is 0 Å². The van der Waals surface area contributed by atoms with Gasteiger partial charge in [-0.15, -0.1) is 0 Å². The van der Waals surface area contributed by atoms with Gasteiger partial charge in [0.25, 0.3) is 0 Å². The molecule has 1 aromatic heterocycles. The van der Waals surface area contributed by atoms with E-state index < -0.39 is 0 Å². The molecule has 0 saturated carbocycles. The molecule has 0 aliphatic rings. The van der Waals surface area contributed by atoms with Gasteiger partial charge in [-0.2, -0.15) is 0 Å². The van der Waals surface area contributed by atoms with Crippen molar-refractivity contribution < 1.29 is 5.11 Å². The molecule has 0 bridgehead atoms. The van der Waals surface area contributed by atoms with Crippen molar-refractivity contribution >= 4 is 5.69 Å². The number of phenolic OH excluding ortho intramolecular Hbond substituents is 1. The molecule has 2 rings (SSSR count). The lowest BCUT2D eigenvalue weighted by molar-refractivity contribution is 0.475. The first-order chi connectivity index (χ1) is 8.28. The monoisotopic (exact) mass is 229 g/mol. The number of nitrogens with two attached hydrogens (primary N) is 1. The number of hydrogen-bond donors (Lipinski definition) is 3. The molecule has 0 radical (unpaired) electrons. The topological polar surface area (TPSA) is 71.2 Å². The molecule has 1 heterocycles. The van der Waals surface area contributed by atoms with Crippen LogP contribution in [0.25, 0.3) is 0 Å². The maximum atomic E-state index is 9.31. The van der Waals surface area contributed by atoms with Crippen LogP contribution in [0.15, 0.2) is 42.6 Å². The maximum absolute atomic E-state index is 9.31. The van der Waals surface area contributed by atoms with E-state index in [0.717, 1.165) is 16.9 Å². The van der Waals surface area contributed by atoms with E-state index in [9.17, 15) is 5.11 Å². The molecule has 4 heteroatoms. The van der Waals surface area contributed by atoms with E-state index in [2.05, 4.69) is 10.3 Å². The van der Waals surface area contributed by atoms with Gasteiger partial charge in [-0.25, -0.2) is 0 Å². The SMILES string of the molecule is NCc1ccc(CNc2cccc(O)c2)nc1. The number of anilines is 1. The van der Waals surface area contributed by atoms with Gasteiger partial charge in [-0.1, -0.05) is 12.1 Å². The maximum Gasteiger partial charge on any atom is 0.117 e. The molecule has 4 nitrogen and oxygen atoms in total. The standard InChI is InChI=1S/C13H15N3O/c14-7-10-4-5-12(15-8-10)9-16-11-2-1-3-13(17)6-11/h1-6,8,16-17H,7,9,14H2. The molecule has 88 valence electrons. The molecule has 0 amide bonds. The summed E-state index contributed by atoms with van der Waals surface area (Å²) in [4.78, 5) is 4.28. The summed E-state index contributed by atoms with van der Waals surface area (Å²) >= 11 is 0. The Bertz CT molecular complexity index is 482. The Morgan fingerprint density at radius 2 is 2.12 bits per heavy atom. The van der Waals surface area contributed by atoms with Gasteiger partial charge in [0.2, 0.25) is 0 Å². The van der Waals surface area contributed by atoms with Crippen LogP contribution in [0.4, 0.5) is 5.69 Å². The highest BCUT2D eigenvalue weighted by molar-refractivity contribution is 5.47. The summed E-state index contributed by atoms with van der Waals surface area (Å²) in [6, 6.07) is 10.9. The van der Waals surface area contributed by atoms with Crippen LogP contribution in [-0.2, 0) is 13.1 Å². The van der Waals surface area contributed by atoms with Crippen molar-refractivity contribution in [2.24, 2.45) is 5.73 Å². The van der Waals surface area contributed by atoms with Crippen LogP contribution in [0, 0.1) is 0 Å². The predicted molar refractivity (Wildman–Crippen MR) is 67.6 cm³/mol. The van der Waals surface area contributed by atoms with Crippen molar-refractivity contribution in [1.29, 1.82) is 0 Å². The van der Waals surface area contributed by atoms with Gasteiger partial charge in [-0.05, 0) is 23.8 Å². The number of hydrogen-bond acceptors (Lipinski definition) is 4. The Balaban J connectivity index is 1.97. The molecule has 2 aromatic rings. The number of nitrogens with one attached hydrogen (secondary N) is 1. The van der Waals surface area contributed by atoms with Crippen molar-refractivity contribution in [1.82, 2.24) is 4.98 Å².